The fraction of sp³-hybridized carbons (Fsp3) is 0.333. The Morgan fingerprint density at radius 3 is 2.47 bits per heavy atom. The molecule has 1 aromatic carbocycles. The Kier molecular flexibility index (Phi) is 5.13. The first-order valence-corrected chi connectivity index (χ1v) is 7.99. The van der Waals surface area contributed by atoms with Crippen molar-refractivity contribution < 1.29 is 0 Å². The number of thiocarbonyl (C=S) groups is 2. The molecule has 2 unspecified atom stereocenters. The van der Waals surface area contributed by atoms with E-state index in [0.717, 1.165) is 20.6 Å². The van der Waals surface area contributed by atoms with E-state index in [2.05, 4.69) is 55.6 Å². The Hall–Kier alpha value is -0.710. The van der Waals surface area contributed by atoms with Crippen LogP contribution in [-0.2, 0) is 0 Å². The van der Waals surface area contributed by atoms with Gasteiger partial charge >= 0.3 is 0 Å². The van der Waals surface area contributed by atoms with Crippen LogP contribution in [0.2, 0.25) is 0 Å². The second kappa shape index (κ2) is 6.64. The summed E-state index contributed by atoms with van der Waals surface area (Å²) in [6, 6.07) is 10.6. The maximum absolute atomic E-state index is 5.26. The van der Waals surface area contributed by atoms with E-state index in [-0.39, 0.29) is 0 Å². The van der Waals surface area contributed by atoms with E-state index in [0.29, 0.717) is 11.8 Å². The van der Waals surface area contributed by atoms with Crippen molar-refractivity contribution in [2.24, 2.45) is 5.92 Å². The van der Waals surface area contributed by atoms with Crippen LogP contribution in [0.4, 0.5) is 0 Å². The number of rotatable bonds is 4. The van der Waals surface area contributed by atoms with E-state index >= 15 is 0 Å². The standard InChI is InChI=1S/C15H17NS3/c1-10(9-13-14(17)16-15(18)19-13)8-11(2)12-6-4-3-5-7-12/h3-7,9-11H,8H2,1-2H3,(H,16,17,18). The molecule has 4 heteroatoms. The quantitative estimate of drug-likeness (QED) is 0.641. The molecule has 1 heterocycles. The maximum atomic E-state index is 5.26. The second-order valence-corrected chi connectivity index (χ2v) is 7.03. The zero-order valence-corrected chi connectivity index (χ0v) is 13.5. The molecule has 0 spiro atoms. The van der Waals surface area contributed by atoms with Crippen LogP contribution in [0.5, 0.6) is 0 Å². The molecule has 1 aliphatic rings. The molecular formula is C15H17NS3. The van der Waals surface area contributed by atoms with Gasteiger partial charge in [0.2, 0.25) is 0 Å². The van der Waals surface area contributed by atoms with Crippen LogP contribution >= 0.6 is 36.2 Å². The summed E-state index contributed by atoms with van der Waals surface area (Å²) in [4.78, 5) is 1.88. The lowest BCUT2D eigenvalue weighted by molar-refractivity contribution is 0.568. The highest BCUT2D eigenvalue weighted by Gasteiger charge is 2.19. The number of nitrogens with one attached hydrogen (secondary N) is 1. The molecule has 19 heavy (non-hydrogen) atoms. The summed E-state index contributed by atoms with van der Waals surface area (Å²) in [5, 5.41) is 3.01. The van der Waals surface area contributed by atoms with Gasteiger partial charge in [-0.15, -0.1) is 0 Å². The maximum Gasteiger partial charge on any atom is 0.143 e. The molecule has 1 N–H and O–H groups in total. The largest absolute Gasteiger partial charge is 0.331 e. The number of thioether (sulfide) groups is 1. The fourth-order valence-corrected chi connectivity index (χ4v) is 3.83. The van der Waals surface area contributed by atoms with Crippen LogP contribution in [0.15, 0.2) is 41.3 Å². The molecule has 1 aliphatic heterocycles. The molecule has 1 aromatic rings. The number of benzene rings is 1. The smallest absolute Gasteiger partial charge is 0.143 e. The first-order valence-electron chi connectivity index (χ1n) is 6.36. The van der Waals surface area contributed by atoms with E-state index in [4.69, 9.17) is 24.4 Å². The molecule has 100 valence electrons. The fourth-order valence-electron chi connectivity index (χ4n) is 2.24. The summed E-state index contributed by atoms with van der Waals surface area (Å²) >= 11 is 11.9. The Morgan fingerprint density at radius 2 is 1.89 bits per heavy atom. The van der Waals surface area contributed by atoms with E-state index in [1.807, 2.05) is 0 Å². The highest BCUT2D eigenvalue weighted by Crippen LogP contribution is 2.29. The molecule has 1 fully saturated rings. The topological polar surface area (TPSA) is 12.0 Å². The zero-order valence-electron chi connectivity index (χ0n) is 11.1. The van der Waals surface area contributed by atoms with Crippen LogP contribution in [0.25, 0.3) is 0 Å². The third-order valence-electron chi connectivity index (χ3n) is 3.17. The molecule has 1 nitrogen and oxygen atoms in total. The SMILES string of the molecule is CC(C=C1SC(=S)NC1=S)CC(C)c1ccccc1. The van der Waals surface area contributed by atoms with E-state index in [1.54, 1.807) is 11.8 Å². The minimum absolute atomic E-state index is 0.485. The normalized spacial score (nSPS) is 20.4. The van der Waals surface area contributed by atoms with E-state index in [1.165, 1.54) is 5.56 Å². The molecule has 0 aromatic heterocycles. The molecule has 0 bridgehead atoms. The van der Waals surface area contributed by atoms with Gasteiger partial charge in [0.1, 0.15) is 9.31 Å². The highest BCUT2D eigenvalue weighted by molar-refractivity contribution is 8.27. The van der Waals surface area contributed by atoms with Crippen molar-refractivity contribution in [2.75, 3.05) is 0 Å². The summed E-state index contributed by atoms with van der Waals surface area (Å²) in [6.45, 7) is 4.50. The lowest BCUT2D eigenvalue weighted by Crippen LogP contribution is -2.16. The summed E-state index contributed by atoms with van der Waals surface area (Å²) in [5.41, 5.74) is 1.39. The van der Waals surface area contributed by atoms with Gasteiger partial charge in [-0.3, -0.25) is 0 Å². The third-order valence-corrected chi connectivity index (χ3v) is 4.82. The lowest BCUT2D eigenvalue weighted by atomic mass is 9.91. The van der Waals surface area contributed by atoms with Crippen molar-refractivity contribution in [3.8, 4) is 0 Å². The van der Waals surface area contributed by atoms with Crippen molar-refractivity contribution in [3.05, 3.63) is 46.9 Å². The molecule has 0 radical (unpaired) electrons. The van der Waals surface area contributed by atoms with Crippen molar-refractivity contribution in [1.82, 2.24) is 5.32 Å². The lowest BCUT2D eigenvalue weighted by Gasteiger charge is -2.15. The van der Waals surface area contributed by atoms with Crippen LogP contribution in [0.1, 0.15) is 31.7 Å². The first kappa shape index (κ1) is 14.7. The number of allylic oxidation sites excluding steroid dienone is 1. The van der Waals surface area contributed by atoms with Crippen LogP contribution in [-0.4, -0.2) is 9.31 Å². The van der Waals surface area contributed by atoms with Gasteiger partial charge < -0.3 is 5.32 Å². The van der Waals surface area contributed by atoms with Crippen LogP contribution < -0.4 is 5.32 Å². The Labute approximate surface area is 129 Å². The van der Waals surface area contributed by atoms with Crippen LogP contribution in [0, 0.1) is 5.92 Å². The van der Waals surface area contributed by atoms with Gasteiger partial charge in [0.05, 0.1) is 0 Å². The minimum Gasteiger partial charge on any atom is -0.331 e. The molecule has 1 saturated heterocycles. The molecule has 2 rings (SSSR count). The monoisotopic (exact) mass is 307 g/mol. The second-order valence-electron chi connectivity index (χ2n) is 4.90. The Bertz CT molecular complexity index is 507. The van der Waals surface area contributed by atoms with Gasteiger partial charge in [-0.05, 0) is 23.8 Å². The van der Waals surface area contributed by atoms with Crippen molar-refractivity contribution in [1.29, 1.82) is 0 Å². The summed E-state index contributed by atoms with van der Waals surface area (Å²) in [7, 11) is 0. The van der Waals surface area contributed by atoms with E-state index in [9.17, 15) is 0 Å². The molecule has 0 aliphatic carbocycles. The Balaban J connectivity index is 1.98. The predicted molar refractivity (Wildman–Crippen MR) is 92.6 cm³/mol. The average Bonchev–Trinajstić information content (AvgIpc) is 2.68. The molecular weight excluding hydrogens is 290 g/mol. The third kappa shape index (κ3) is 4.13. The van der Waals surface area contributed by atoms with Crippen LogP contribution in [0.3, 0.4) is 0 Å². The van der Waals surface area contributed by atoms with Crippen molar-refractivity contribution in [3.63, 3.8) is 0 Å². The van der Waals surface area contributed by atoms with Gasteiger partial charge in [-0.25, -0.2) is 0 Å². The van der Waals surface area contributed by atoms with Crippen molar-refractivity contribution in [2.45, 2.75) is 26.2 Å². The summed E-state index contributed by atoms with van der Waals surface area (Å²) in [5.74, 6) is 1.03. The average molecular weight is 308 g/mol. The predicted octanol–water partition coefficient (Wildman–Crippen LogP) is 4.65. The van der Waals surface area contributed by atoms with E-state index < -0.39 is 0 Å². The van der Waals surface area contributed by atoms with Gasteiger partial charge in [0.15, 0.2) is 0 Å². The summed E-state index contributed by atoms with van der Waals surface area (Å²) < 4.78 is 0.763. The molecule has 0 saturated carbocycles. The minimum atomic E-state index is 0.485. The molecule has 0 amide bonds. The first-order chi connectivity index (χ1) is 9.06. The van der Waals surface area contributed by atoms with Gasteiger partial charge in [0.25, 0.3) is 0 Å². The zero-order chi connectivity index (χ0) is 13.8. The van der Waals surface area contributed by atoms with Crippen molar-refractivity contribution >= 4 is 45.5 Å². The summed E-state index contributed by atoms with van der Waals surface area (Å²) in [6.07, 6.45) is 3.35. The van der Waals surface area contributed by atoms with Gasteiger partial charge in [-0.1, -0.05) is 86.5 Å². The number of hydrogen-bond acceptors (Lipinski definition) is 3. The van der Waals surface area contributed by atoms with Gasteiger partial charge in [0, 0.05) is 4.91 Å². The van der Waals surface area contributed by atoms with Gasteiger partial charge in [-0.2, -0.15) is 0 Å². The molecule has 2 atom stereocenters. The number of hydrogen-bond donors (Lipinski definition) is 1. The Morgan fingerprint density at radius 1 is 1.21 bits per heavy atom. The highest BCUT2D eigenvalue weighted by atomic mass is 32.2.